The first-order chi connectivity index (χ1) is 12.5. The summed E-state index contributed by atoms with van der Waals surface area (Å²) in [6.45, 7) is 4.32. The average Bonchev–Trinajstić information content (AvgIpc) is 3.09. The monoisotopic (exact) mass is 454 g/mol. The van der Waals surface area contributed by atoms with Crippen LogP contribution in [0, 0.1) is 0 Å². The zero-order valence-corrected chi connectivity index (χ0v) is 17.3. The van der Waals surface area contributed by atoms with E-state index >= 15 is 0 Å². The fourth-order valence-electron chi connectivity index (χ4n) is 2.65. The molecule has 27 heavy (non-hydrogen) atoms. The molecule has 0 radical (unpaired) electrons. The largest absolute Gasteiger partial charge is 0.501 e. The molecule has 0 N–H and O–H groups in total. The number of alkyl halides is 3. The molecule has 1 aromatic carbocycles. The Morgan fingerprint density at radius 3 is 2.26 bits per heavy atom. The molecule has 2 aliphatic heterocycles. The van der Waals surface area contributed by atoms with Crippen molar-refractivity contribution in [1.29, 1.82) is 0 Å². The van der Waals surface area contributed by atoms with Crippen molar-refractivity contribution >= 4 is 61.5 Å². The van der Waals surface area contributed by atoms with Crippen LogP contribution in [0.5, 0.6) is 0 Å². The highest BCUT2D eigenvalue weighted by molar-refractivity contribution is 8.27. The Kier molecular flexibility index (Phi) is 5.30. The number of halogens is 3. The molecule has 146 valence electrons. The van der Waals surface area contributed by atoms with Gasteiger partial charge in [-0.3, -0.25) is 9.69 Å². The maximum atomic E-state index is 12.9. The number of nitrogens with zero attached hydrogens (tertiary/aromatic N) is 2. The van der Waals surface area contributed by atoms with Crippen molar-refractivity contribution in [2.24, 2.45) is 0 Å². The van der Waals surface area contributed by atoms with Crippen LogP contribution < -0.4 is 4.90 Å². The van der Waals surface area contributed by atoms with E-state index < -0.39 is 20.2 Å². The molecule has 0 atom stereocenters. The summed E-state index contributed by atoms with van der Waals surface area (Å²) in [5.41, 5.74) is -5.05. The Morgan fingerprint density at radius 1 is 1.11 bits per heavy atom. The predicted molar refractivity (Wildman–Crippen MR) is 103 cm³/mol. The van der Waals surface area contributed by atoms with Crippen molar-refractivity contribution in [2.45, 2.75) is 29.1 Å². The topological polar surface area (TPSA) is 57.7 Å². The van der Waals surface area contributed by atoms with Gasteiger partial charge in [-0.2, -0.15) is 13.2 Å². The first-order valence-corrected chi connectivity index (χ1v) is 11.2. The highest BCUT2D eigenvalue weighted by atomic mass is 32.2. The summed E-state index contributed by atoms with van der Waals surface area (Å²) in [5, 5.41) is 0.544. The number of benzene rings is 1. The lowest BCUT2D eigenvalue weighted by Gasteiger charge is -2.20. The van der Waals surface area contributed by atoms with Crippen LogP contribution in [0.15, 0.2) is 37.9 Å². The van der Waals surface area contributed by atoms with Gasteiger partial charge in [0.05, 0.1) is 10.6 Å². The molecule has 5 nitrogen and oxygen atoms in total. The summed E-state index contributed by atoms with van der Waals surface area (Å²) in [4.78, 5) is 15.8. The van der Waals surface area contributed by atoms with Gasteiger partial charge in [0.15, 0.2) is 0 Å². The molecule has 0 spiro atoms. The summed E-state index contributed by atoms with van der Waals surface area (Å²) in [5.74, 6) is -0.260. The van der Waals surface area contributed by atoms with Gasteiger partial charge in [-0.05, 0) is 32.0 Å². The third-order valence-electron chi connectivity index (χ3n) is 3.96. The predicted octanol–water partition coefficient (Wildman–Crippen LogP) is 3.96. The smallest absolute Gasteiger partial charge is 0.334 e. The minimum atomic E-state index is -5.45. The van der Waals surface area contributed by atoms with E-state index in [1.165, 1.54) is 22.7 Å². The lowest BCUT2D eigenvalue weighted by molar-refractivity contribution is -0.122. The van der Waals surface area contributed by atoms with E-state index in [1.807, 2.05) is 0 Å². The molecule has 1 amide bonds. The van der Waals surface area contributed by atoms with E-state index in [4.69, 9.17) is 12.2 Å². The number of likely N-dealkylation sites (N-methyl/N-ethyl adjacent to an activating group) is 1. The van der Waals surface area contributed by atoms with Crippen molar-refractivity contribution in [3.05, 3.63) is 28.1 Å². The molecular formula is C15H13F3N2O3S4. The van der Waals surface area contributed by atoms with E-state index in [2.05, 4.69) is 0 Å². The molecule has 3 rings (SSSR count). The van der Waals surface area contributed by atoms with Gasteiger partial charge in [-0.15, -0.1) is 0 Å². The zero-order valence-electron chi connectivity index (χ0n) is 14.0. The Bertz CT molecular complexity index is 973. The Hall–Kier alpha value is -1.24. The molecule has 0 saturated carbocycles. The summed E-state index contributed by atoms with van der Waals surface area (Å²) in [6.07, 6.45) is 0. The van der Waals surface area contributed by atoms with Gasteiger partial charge in [0.2, 0.25) is 0 Å². The highest BCUT2D eigenvalue weighted by Gasteiger charge is 2.47. The van der Waals surface area contributed by atoms with Crippen molar-refractivity contribution in [2.75, 3.05) is 18.0 Å². The van der Waals surface area contributed by atoms with E-state index in [0.717, 1.165) is 23.9 Å². The van der Waals surface area contributed by atoms with Crippen molar-refractivity contribution in [1.82, 2.24) is 4.90 Å². The van der Waals surface area contributed by atoms with Gasteiger partial charge in [-0.1, -0.05) is 35.7 Å². The van der Waals surface area contributed by atoms with Crippen LogP contribution in [0.3, 0.4) is 0 Å². The maximum Gasteiger partial charge on any atom is 0.501 e. The second-order valence-electron chi connectivity index (χ2n) is 5.48. The summed E-state index contributed by atoms with van der Waals surface area (Å²) in [6, 6.07) is 3.26. The van der Waals surface area contributed by atoms with E-state index in [0.29, 0.717) is 37.9 Å². The zero-order chi connectivity index (χ0) is 20.1. The first kappa shape index (κ1) is 20.5. The fourth-order valence-corrected chi connectivity index (χ4v) is 6.17. The molecule has 2 aliphatic rings. The quantitative estimate of drug-likeness (QED) is 0.506. The Morgan fingerprint density at radius 2 is 1.74 bits per heavy atom. The van der Waals surface area contributed by atoms with Crippen LogP contribution in [-0.4, -0.2) is 42.1 Å². The third kappa shape index (κ3) is 3.26. The lowest BCUT2D eigenvalue weighted by atomic mass is 10.3. The van der Waals surface area contributed by atoms with Gasteiger partial charge in [0, 0.05) is 18.0 Å². The molecule has 0 bridgehead atoms. The number of sulfone groups is 1. The van der Waals surface area contributed by atoms with E-state index in [9.17, 15) is 26.4 Å². The molecule has 12 heteroatoms. The van der Waals surface area contributed by atoms with Crippen molar-refractivity contribution < 1.29 is 26.4 Å². The number of hydrogen-bond donors (Lipinski definition) is 0. The van der Waals surface area contributed by atoms with Crippen LogP contribution in [0.4, 0.5) is 18.9 Å². The fraction of sp³-hybridized carbons (Fsp3) is 0.333. The maximum absolute atomic E-state index is 12.9. The van der Waals surface area contributed by atoms with Crippen molar-refractivity contribution in [3.8, 4) is 0 Å². The van der Waals surface area contributed by atoms with E-state index in [1.54, 1.807) is 18.7 Å². The third-order valence-corrected chi connectivity index (χ3v) is 8.20. The van der Waals surface area contributed by atoms with Crippen LogP contribution in [-0.2, 0) is 14.6 Å². The number of thioether (sulfide) groups is 2. The molecule has 2 heterocycles. The average molecular weight is 455 g/mol. The number of hydrogen-bond acceptors (Lipinski definition) is 7. The van der Waals surface area contributed by atoms with Crippen molar-refractivity contribution in [3.63, 3.8) is 0 Å². The molecule has 0 aliphatic carbocycles. The minimum Gasteiger partial charge on any atom is -0.334 e. The molecule has 0 unspecified atom stereocenters. The van der Waals surface area contributed by atoms with Gasteiger partial charge in [0.1, 0.15) is 14.3 Å². The van der Waals surface area contributed by atoms with Gasteiger partial charge >= 0.3 is 5.51 Å². The molecule has 1 fully saturated rings. The minimum absolute atomic E-state index is 0.260. The van der Waals surface area contributed by atoms with Crippen LogP contribution in [0.25, 0.3) is 0 Å². The highest BCUT2D eigenvalue weighted by Crippen LogP contribution is 2.51. The molecule has 0 aromatic heterocycles. The number of carbonyl (C=O) groups excluding carboxylic acids is 1. The molecular weight excluding hydrogens is 441 g/mol. The number of thiocarbonyl (C=S) groups is 1. The lowest BCUT2D eigenvalue weighted by Crippen LogP contribution is -2.28. The number of amides is 1. The summed E-state index contributed by atoms with van der Waals surface area (Å²) in [7, 11) is -5.45. The van der Waals surface area contributed by atoms with E-state index in [-0.39, 0.29) is 5.91 Å². The Labute approximate surface area is 167 Å². The van der Waals surface area contributed by atoms with Gasteiger partial charge < -0.3 is 4.90 Å². The summed E-state index contributed by atoms with van der Waals surface area (Å²) >= 11 is 7.55. The number of carbonyl (C=O) groups is 1. The summed E-state index contributed by atoms with van der Waals surface area (Å²) < 4.78 is 62.4. The van der Waals surface area contributed by atoms with Crippen LogP contribution in [0.2, 0.25) is 0 Å². The van der Waals surface area contributed by atoms with Gasteiger partial charge in [-0.25, -0.2) is 8.42 Å². The molecule has 1 saturated heterocycles. The number of anilines is 1. The second kappa shape index (κ2) is 6.98. The first-order valence-electron chi connectivity index (χ1n) is 7.71. The molecule has 1 aromatic rings. The second-order valence-corrected chi connectivity index (χ2v) is 10.1. The normalized spacial score (nSPS) is 20.6. The standard InChI is InChI=1S/C15H13F3N2O3S4/c1-3-19-9-7-8(27(22,23)15(16,17)18)5-6-10(9)25-13(19)11-12(21)20(4-2)14(24)26-11/h5-7H,3-4H2,1-2H3/b13-11-. The number of rotatable bonds is 3. The SMILES string of the molecule is CCN1C(=O)/C(=C2/Sc3ccc(S(=O)(=O)C(F)(F)F)cc3N2CC)SC1=S. The van der Waals surface area contributed by atoms with Crippen LogP contribution >= 0.6 is 35.7 Å². The number of fused-ring (bicyclic) bond motifs is 1. The Balaban J connectivity index is 2.09. The van der Waals surface area contributed by atoms with Gasteiger partial charge in [0.25, 0.3) is 15.7 Å². The van der Waals surface area contributed by atoms with Crippen LogP contribution in [0.1, 0.15) is 13.8 Å².